The Morgan fingerprint density at radius 1 is 1.35 bits per heavy atom. The lowest BCUT2D eigenvalue weighted by atomic mass is 10.0. The van der Waals surface area contributed by atoms with Gasteiger partial charge in [-0.2, -0.15) is 0 Å². The largest absolute Gasteiger partial charge is 0.376 e. The Kier molecular flexibility index (Phi) is 8.37. The molecule has 0 radical (unpaired) electrons. The molecule has 1 unspecified atom stereocenters. The molecule has 0 aliphatic rings. The van der Waals surface area contributed by atoms with Gasteiger partial charge in [0, 0.05) is 38.6 Å². The number of aromatic nitrogens is 3. The van der Waals surface area contributed by atoms with Crippen molar-refractivity contribution in [2.45, 2.75) is 71.6 Å². The van der Waals surface area contributed by atoms with Gasteiger partial charge in [0.15, 0.2) is 0 Å². The summed E-state index contributed by atoms with van der Waals surface area (Å²) in [5.41, 5.74) is 5.50. The maximum Gasteiger partial charge on any atom is 0.240 e. The topological polar surface area (TPSA) is 129 Å². The van der Waals surface area contributed by atoms with Crippen molar-refractivity contribution in [3.05, 3.63) is 11.9 Å². The maximum absolute atomic E-state index is 12.1. The van der Waals surface area contributed by atoms with Crippen molar-refractivity contribution in [1.82, 2.24) is 20.3 Å². The summed E-state index contributed by atoms with van der Waals surface area (Å²) in [4.78, 5) is 34.8. The first-order chi connectivity index (χ1) is 12.1. The predicted octanol–water partition coefficient (Wildman–Crippen LogP) is 0.365. The van der Waals surface area contributed by atoms with E-state index in [2.05, 4.69) is 15.6 Å². The highest BCUT2D eigenvalue weighted by Crippen LogP contribution is 2.16. The zero-order valence-electron chi connectivity index (χ0n) is 15.9. The number of nitrogens with zero attached hydrogens (tertiary/aromatic N) is 3. The number of Topliss-reactive ketones (excluding diaryl/α,β-unsaturated/α-hetero) is 1. The molecule has 9 nitrogen and oxygen atoms in total. The number of hydrogen-bond donors (Lipinski definition) is 2. The van der Waals surface area contributed by atoms with Crippen LogP contribution in [0.4, 0.5) is 0 Å². The molecule has 1 heterocycles. The Balaban J connectivity index is 2.57. The molecule has 1 aromatic rings. The first-order valence-electron chi connectivity index (χ1n) is 8.74. The lowest BCUT2D eigenvalue weighted by molar-refractivity contribution is -0.128. The molecule has 0 aliphatic carbocycles. The summed E-state index contributed by atoms with van der Waals surface area (Å²) >= 11 is 0. The van der Waals surface area contributed by atoms with Gasteiger partial charge < -0.3 is 15.8 Å². The average Bonchev–Trinajstić information content (AvgIpc) is 2.98. The molecule has 1 atom stereocenters. The molecule has 2 amide bonds. The quantitative estimate of drug-likeness (QED) is 0.549. The summed E-state index contributed by atoms with van der Waals surface area (Å²) in [7, 11) is 0. The summed E-state index contributed by atoms with van der Waals surface area (Å²) in [5.74, 6) is -0.856. The second-order valence-corrected chi connectivity index (χ2v) is 6.84. The number of rotatable bonds is 12. The van der Waals surface area contributed by atoms with E-state index in [4.69, 9.17) is 10.5 Å². The molecular formula is C17H29N5O4. The van der Waals surface area contributed by atoms with E-state index < -0.39 is 17.6 Å². The number of nitrogens with one attached hydrogen (secondary N) is 1. The smallest absolute Gasteiger partial charge is 0.240 e. The molecule has 0 bridgehead atoms. The van der Waals surface area contributed by atoms with Gasteiger partial charge >= 0.3 is 0 Å². The molecule has 3 N–H and O–H groups in total. The van der Waals surface area contributed by atoms with Gasteiger partial charge in [0.2, 0.25) is 11.8 Å². The Labute approximate surface area is 153 Å². The molecule has 1 rings (SSSR count). The van der Waals surface area contributed by atoms with Crippen LogP contribution in [0, 0.1) is 0 Å². The fraction of sp³-hybridized carbons (Fsp3) is 0.706. The van der Waals surface area contributed by atoms with Crippen LogP contribution < -0.4 is 11.1 Å². The first kappa shape index (κ1) is 21.8. The summed E-state index contributed by atoms with van der Waals surface area (Å²) in [5, 5.41) is 10.5. The number of amides is 2. The van der Waals surface area contributed by atoms with Gasteiger partial charge in [-0.05, 0) is 34.1 Å². The fourth-order valence-corrected chi connectivity index (χ4v) is 2.39. The monoisotopic (exact) mass is 367 g/mol. The van der Waals surface area contributed by atoms with Crippen LogP contribution >= 0.6 is 0 Å². The van der Waals surface area contributed by atoms with E-state index >= 15 is 0 Å². The number of nitrogens with two attached hydrogens (primary N) is 1. The van der Waals surface area contributed by atoms with Gasteiger partial charge in [-0.1, -0.05) is 5.21 Å². The van der Waals surface area contributed by atoms with Crippen LogP contribution in [-0.4, -0.2) is 50.8 Å². The SMILES string of the molecule is CCOC(C)(C)CCC(=O)NC(Cc1cn(CCC(C)=O)nn1)C(N)=O. The highest BCUT2D eigenvalue weighted by atomic mass is 16.5. The number of ether oxygens (including phenoxy) is 1. The van der Waals surface area contributed by atoms with Crippen LogP contribution in [0.5, 0.6) is 0 Å². The van der Waals surface area contributed by atoms with Crippen molar-refractivity contribution < 1.29 is 19.1 Å². The average molecular weight is 367 g/mol. The van der Waals surface area contributed by atoms with Gasteiger partial charge in [-0.3, -0.25) is 19.1 Å². The molecule has 0 aromatic carbocycles. The van der Waals surface area contributed by atoms with E-state index in [-0.39, 0.29) is 24.5 Å². The summed E-state index contributed by atoms with van der Waals surface area (Å²) in [6.45, 7) is 8.21. The lowest BCUT2D eigenvalue weighted by Gasteiger charge is -2.24. The van der Waals surface area contributed by atoms with Crippen molar-refractivity contribution in [1.29, 1.82) is 0 Å². The number of carbonyl (C=O) groups excluding carboxylic acids is 3. The third kappa shape index (κ3) is 8.19. The van der Waals surface area contributed by atoms with E-state index in [1.807, 2.05) is 20.8 Å². The van der Waals surface area contributed by atoms with Gasteiger partial charge in [0.25, 0.3) is 0 Å². The van der Waals surface area contributed by atoms with Crippen LogP contribution in [0.25, 0.3) is 0 Å². The third-order valence-electron chi connectivity index (χ3n) is 3.86. The standard InChI is InChI=1S/C17H29N5O4/c1-5-26-17(3,4)8-6-15(24)19-14(16(18)25)10-13-11-22(21-20-13)9-7-12(2)23/h11,14H,5-10H2,1-4H3,(H2,18,25)(H,19,24). The maximum atomic E-state index is 12.1. The normalized spacial score (nSPS) is 12.6. The summed E-state index contributed by atoms with van der Waals surface area (Å²) < 4.78 is 7.08. The van der Waals surface area contributed by atoms with E-state index in [0.717, 1.165) is 0 Å². The van der Waals surface area contributed by atoms with Crippen LogP contribution in [0.3, 0.4) is 0 Å². The van der Waals surface area contributed by atoms with Crippen molar-refractivity contribution in [2.24, 2.45) is 5.73 Å². The van der Waals surface area contributed by atoms with E-state index in [1.165, 1.54) is 11.6 Å². The minimum absolute atomic E-state index is 0.0549. The Bertz CT molecular complexity index is 626. The van der Waals surface area contributed by atoms with E-state index in [0.29, 0.717) is 31.7 Å². The second-order valence-electron chi connectivity index (χ2n) is 6.84. The minimum atomic E-state index is -0.865. The predicted molar refractivity (Wildman–Crippen MR) is 95.1 cm³/mol. The van der Waals surface area contributed by atoms with Crippen LogP contribution in [0.2, 0.25) is 0 Å². The van der Waals surface area contributed by atoms with Gasteiger partial charge in [0.05, 0.1) is 11.3 Å². The Hall–Kier alpha value is -2.29. The van der Waals surface area contributed by atoms with Gasteiger partial charge in [-0.25, -0.2) is 0 Å². The van der Waals surface area contributed by atoms with Gasteiger partial charge in [-0.15, -0.1) is 5.10 Å². The Morgan fingerprint density at radius 2 is 2.04 bits per heavy atom. The lowest BCUT2D eigenvalue weighted by Crippen LogP contribution is -2.46. The number of ketones is 1. The summed E-state index contributed by atoms with van der Waals surface area (Å²) in [6.07, 6.45) is 2.90. The van der Waals surface area contributed by atoms with Gasteiger partial charge in [0.1, 0.15) is 11.8 Å². The first-order valence-corrected chi connectivity index (χ1v) is 8.74. The molecule has 1 aromatic heterocycles. The van der Waals surface area contributed by atoms with Crippen molar-refractivity contribution in [2.75, 3.05) is 6.61 Å². The highest BCUT2D eigenvalue weighted by Gasteiger charge is 2.23. The molecule has 9 heteroatoms. The molecule has 0 saturated carbocycles. The van der Waals surface area contributed by atoms with Crippen LogP contribution in [0.15, 0.2) is 6.20 Å². The zero-order valence-corrected chi connectivity index (χ0v) is 15.9. The zero-order chi connectivity index (χ0) is 19.7. The van der Waals surface area contributed by atoms with E-state index in [1.54, 1.807) is 6.20 Å². The molecular weight excluding hydrogens is 338 g/mol. The molecule has 0 spiro atoms. The number of hydrogen-bond acceptors (Lipinski definition) is 6. The third-order valence-corrected chi connectivity index (χ3v) is 3.86. The van der Waals surface area contributed by atoms with Crippen LogP contribution in [-0.2, 0) is 32.1 Å². The number of aryl methyl sites for hydroxylation is 1. The minimum Gasteiger partial charge on any atom is -0.376 e. The Morgan fingerprint density at radius 3 is 2.62 bits per heavy atom. The molecule has 0 aliphatic heterocycles. The fourth-order valence-electron chi connectivity index (χ4n) is 2.39. The summed E-state index contributed by atoms with van der Waals surface area (Å²) in [6, 6.07) is -0.865. The van der Waals surface area contributed by atoms with E-state index in [9.17, 15) is 14.4 Å². The number of primary amides is 1. The van der Waals surface area contributed by atoms with Crippen molar-refractivity contribution in [3.8, 4) is 0 Å². The molecule has 26 heavy (non-hydrogen) atoms. The molecule has 0 saturated heterocycles. The number of carbonyl (C=O) groups is 3. The second kappa shape index (κ2) is 10.0. The highest BCUT2D eigenvalue weighted by molar-refractivity contribution is 5.86. The van der Waals surface area contributed by atoms with Crippen molar-refractivity contribution >= 4 is 17.6 Å². The van der Waals surface area contributed by atoms with Crippen LogP contribution in [0.1, 0.15) is 52.7 Å². The van der Waals surface area contributed by atoms with Crippen molar-refractivity contribution in [3.63, 3.8) is 0 Å². The molecule has 146 valence electrons. The molecule has 0 fully saturated rings.